The Labute approximate surface area is 161 Å². The lowest BCUT2D eigenvalue weighted by molar-refractivity contribution is -0.119. The van der Waals surface area contributed by atoms with Gasteiger partial charge < -0.3 is 9.80 Å². The summed E-state index contributed by atoms with van der Waals surface area (Å²) in [5, 5.41) is 0. The van der Waals surface area contributed by atoms with Gasteiger partial charge in [-0.2, -0.15) is 0 Å². The predicted octanol–water partition coefficient (Wildman–Crippen LogP) is 2.69. The zero-order chi connectivity index (χ0) is 19.4. The number of nitrogens with zero attached hydrogens (tertiary/aromatic N) is 5. The minimum Gasteiger partial charge on any atom is -0.354 e. The molecule has 3 rings (SSSR count). The summed E-state index contributed by atoms with van der Waals surface area (Å²) in [7, 11) is 1.84. The first-order valence-electron chi connectivity index (χ1n) is 9.58. The van der Waals surface area contributed by atoms with Crippen molar-refractivity contribution < 1.29 is 4.79 Å². The van der Waals surface area contributed by atoms with Crippen LogP contribution >= 0.6 is 0 Å². The monoisotopic (exact) mass is 367 g/mol. The van der Waals surface area contributed by atoms with E-state index in [-0.39, 0.29) is 5.91 Å². The maximum absolute atomic E-state index is 12.6. The van der Waals surface area contributed by atoms with Crippen molar-refractivity contribution in [2.75, 3.05) is 49.6 Å². The summed E-state index contributed by atoms with van der Waals surface area (Å²) >= 11 is 0. The van der Waals surface area contributed by atoms with Crippen LogP contribution in [0.25, 0.3) is 0 Å². The molecular weight excluding hydrogens is 338 g/mol. The van der Waals surface area contributed by atoms with E-state index in [1.807, 2.05) is 44.3 Å². The van der Waals surface area contributed by atoms with Crippen molar-refractivity contribution in [2.24, 2.45) is 0 Å². The van der Waals surface area contributed by atoms with Crippen molar-refractivity contribution in [1.82, 2.24) is 14.9 Å². The van der Waals surface area contributed by atoms with Crippen molar-refractivity contribution in [3.63, 3.8) is 0 Å². The van der Waals surface area contributed by atoms with Gasteiger partial charge in [0.25, 0.3) is 0 Å². The van der Waals surface area contributed by atoms with E-state index in [1.54, 1.807) is 4.90 Å². The lowest BCUT2D eigenvalue weighted by atomic mass is 10.2. The fraction of sp³-hybridized carbons (Fsp3) is 0.476. The number of piperazine rings is 1. The standard InChI is InChI=1S/C21H29N5O/c1-16(2)21-22-17(3)14-19(23-21)26-12-10-25(11-13-26)15-20(27)24(4)18-8-6-5-7-9-18/h5-9,14,16H,10-13,15H2,1-4H3. The Balaban J connectivity index is 1.57. The van der Waals surface area contributed by atoms with Gasteiger partial charge in [-0.15, -0.1) is 0 Å². The molecule has 2 heterocycles. The minimum atomic E-state index is 0.120. The fourth-order valence-electron chi connectivity index (χ4n) is 3.22. The molecule has 1 aliphatic heterocycles. The molecule has 0 radical (unpaired) electrons. The molecule has 1 aromatic carbocycles. The Hall–Kier alpha value is -2.47. The van der Waals surface area contributed by atoms with Gasteiger partial charge in [0.05, 0.1) is 6.54 Å². The van der Waals surface area contributed by atoms with E-state index in [2.05, 4.69) is 34.7 Å². The molecular formula is C21H29N5O. The highest BCUT2D eigenvalue weighted by Crippen LogP contribution is 2.19. The van der Waals surface area contributed by atoms with Gasteiger partial charge in [-0.1, -0.05) is 32.0 Å². The van der Waals surface area contributed by atoms with Crippen molar-refractivity contribution in [3.05, 3.63) is 47.9 Å². The van der Waals surface area contributed by atoms with Crippen molar-refractivity contribution >= 4 is 17.4 Å². The number of para-hydroxylation sites is 1. The summed E-state index contributed by atoms with van der Waals surface area (Å²) in [5.41, 5.74) is 1.93. The van der Waals surface area contributed by atoms with Crippen LogP contribution in [0.4, 0.5) is 11.5 Å². The summed E-state index contributed by atoms with van der Waals surface area (Å²) in [5.74, 6) is 2.33. The van der Waals surface area contributed by atoms with Crippen LogP contribution in [-0.2, 0) is 4.79 Å². The lowest BCUT2D eigenvalue weighted by Crippen LogP contribution is -2.50. The molecule has 1 amide bonds. The number of aromatic nitrogens is 2. The molecule has 0 atom stereocenters. The highest BCUT2D eigenvalue weighted by molar-refractivity contribution is 5.94. The van der Waals surface area contributed by atoms with Crippen LogP contribution in [0.5, 0.6) is 0 Å². The van der Waals surface area contributed by atoms with Crippen LogP contribution in [0.2, 0.25) is 0 Å². The van der Waals surface area contributed by atoms with Gasteiger partial charge in [0.1, 0.15) is 11.6 Å². The number of likely N-dealkylation sites (N-methyl/N-ethyl adjacent to an activating group) is 1. The number of carbonyl (C=O) groups is 1. The molecule has 0 unspecified atom stereocenters. The maximum atomic E-state index is 12.6. The van der Waals surface area contributed by atoms with Crippen molar-refractivity contribution in [1.29, 1.82) is 0 Å². The average molecular weight is 367 g/mol. The number of carbonyl (C=O) groups excluding carboxylic acids is 1. The highest BCUT2D eigenvalue weighted by Gasteiger charge is 2.22. The fourth-order valence-corrected chi connectivity index (χ4v) is 3.22. The Morgan fingerprint density at radius 3 is 2.41 bits per heavy atom. The number of benzene rings is 1. The molecule has 6 heteroatoms. The Morgan fingerprint density at radius 1 is 1.11 bits per heavy atom. The number of hydrogen-bond donors (Lipinski definition) is 0. The lowest BCUT2D eigenvalue weighted by Gasteiger charge is -2.35. The number of anilines is 2. The van der Waals surface area contributed by atoms with Gasteiger partial charge in [-0.05, 0) is 19.1 Å². The van der Waals surface area contributed by atoms with Crippen LogP contribution in [0, 0.1) is 6.92 Å². The van der Waals surface area contributed by atoms with E-state index in [0.29, 0.717) is 12.5 Å². The third-order valence-electron chi connectivity index (χ3n) is 4.95. The molecule has 1 aromatic heterocycles. The number of rotatable bonds is 5. The van der Waals surface area contributed by atoms with Gasteiger partial charge in [0.2, 0.25) is 5.91 Å². The quantitative estimate of drug-likeness (QED) is 0.813. The largest absolute Gasteiger partial charge is 0.354 e. The van der Waals surface area contributed by atoms with E-state index in [9.17, 15) is 4.79 Å². The first-order valence-corrected chi connectivity index (χ1v) is 9.58. The van der Waals surface area contributed by atoms with Gasteiger partial charge in [0, 0.05) is 56.6 Å². The molecule has 1 fully saturated rings. The molecule has 1 aliphatic rings. The van der Waals surface area contributed by atoms with E-state index in [1.165, 1.54) is 0 Å². The van der Waals surface area contributed by atoms with Gasteiger partial charge in [0.15, 0.2) is 0 Å². The molecule has 6 nitrogen and oxygen atoms in total. The predicted molar refractivity (Wildman–Crippen MR) is 109 cm³/mol. The highest BCUT2D eigenvalue weighted by atomic mass is 16.2. The first kappa shape index (κ1) is 19.3. The molecule has 1 saturated heterocycles. The van der Waals surface area contributed by atoms with Crippen molar-refractivity contribution in [3.8, 4) is 0 Å². The van der Waals surface area contributed by atoms with Gasteiger partial charge in [-0.3, -0.25) is 9.69 Å². The summed E-state index contributed by atoms with van der Waals surface area (Å²) in [6, 6.07) is 11.8. The summed E-state index contributed by atoms with van der Waals surface area (Å²) in [4.78, 5) is 28.1. The van der Waals surface area contributed by atoms with E-state index in [4.69, 9.17) is 4.98 Å². The van der Waals surface area contributed by atoms with Crippen molar-refractivity contribution in [2.45, 2.75) is 26.7 Å². The SMILES string of the molecule is Cc1cc(N2CCN(CC(=O)N(C)c3ccccc3)CC2)nc(C(C)C)n1. The molecule has 27 heavy (non-hydrogen) atoms. The van der Waals surface area contributed by atoms with Crippen LogP contribution in [0.15, 0.2) is 36.4 Å². The van der Waals surface area contributed by atoms with Gasteiger partial charge in [-0.25, -0.2) is 9.97 Å². The van der Waals surface area contributed by atoms with Crippen LogP contribution in [0.3, 0.4) is 0 Å². The smallest absolute Gasteiger partial charge is 0.240 e. The third-order valence-corrected chi connectivity index (χ3v) is 4.95. The van der Waals surface area contributed by atoms with E-state index >= 15 is 0 Å². The normalized spacial score (nSPS) is 15.2. The van der Waals surface area contributed by atoms with Crippen LogP contribution in [0.1, 0.15) is 31.3 Å². The average Bonchev–Trinajstić information content (AvgIpc) is 2.68. The Kier molecular flexibility index (Phi) is 6.06. The van der Waals surface area contributed by atoms with Crippen LogP contribution < -0.4 is 9.80 Å². The zero-order valence-electron chi connectivity index (χ0n) is 16.7. The molecule has 0 N–H and O–H groups in total. The van der Waals surface area contributed by atoms with Gasteiger partial charge >= 0.3 is 0 Å². The molecule has 0 aliphatic carbocycles. The van der Waals surface area contributed by atoms with E-state index in [0.717, 1.165) is 49.2 Å². The molecule has 0 bridgehead atoms. The number of amides is 1. The second kappa shape index (κ2) is 8.48. The number of hydrogen-bond acceptors (Lipinski definition) is 5. The van der Waals surface area contributed by atoms with E-state index < -0.39 is 0 Å². The first-order chi connectivity index (χ1) is 12.9. The molecule has 2 aromatic rings. The zero-order valence-corrected chi connectivity index (χ0v) is 16.7. The molecule has 0 saturated carbocycles. The third kappa shape index (κ3) is 4.83. The number of aryl methyl sites for hydroxylation is 1. The second-order valence-electron chi connectivity index (χ2n) is 7.43. The summed E-state index contributed by atoms with van der Waals surface area (Å²) < 4.78 is 0. The summed E-state index contributed by atoms with van der Waals surface area (Å²) in [6.45, 7) is 10.1. The molecule has 144 valence electrons. The molecule has 0 spiro atoms. The Bertz CT molecular complexity index is 769. The Morgan fingerprint density at radius 2 is 1.78 bits per heavy atom. The minimum absolute atomic E-state index is 0.120. The van der Waals surface area contributed by atoms with Crippen LogP contribution in [-0.4, -0.2) is 60.5 Å². The summed E-state index contributed by atoms with van der Waals surface area (Å²) in [6.07, 6.45) is 0. The maximum Gasteiger partial charge on any atom is 0.240 e. The topological polar surface area (TPSA) is 52.6 Å². The second-order valence-corrected chi connectivity index (χ2v) is 7.43.